The number of nitrogens with one attached hydrogen (secondary N) is 1. The number of aryl methyl sites for hydroxylation is 1. The summed E-state index contributed by atoms with van der Waals surface area (Å²) in [5, 5.41) is 7.35. The Kier molecular flexibility index (Phi) is 4.96. The summed E-state index contributed by atoms with van der Waals surface area (Å²) < 4.78 is 31.1. The number of benzene rings is 2. The van der Waals surface area contributed by atoms with Crippen LogP contribution in [0.3, 0.4) is 0 Å². The zero-order valence-electron chi connectivity index (χ0n) is 18.1. The van der Waals surface area contributed by atoms with Crippen molar-refractivity contribution in [2.45, 2.75) is 31.6 Å². The lowest BCUT2D eigenvalue weighted by atomic mass is 9.72. The number of rotatable bonds is 4. The van der Waals surface area contributed by atoms with E-state index in [1.54, 1.807) is 32.4 Å². The molecule has 32 heavy (non-hydrogen) atoms. The second kappa shape index (κ2) is 7.82. The summed E-state index contributed by atoms with van der Waals surface area (Å²) in [5.41, 5.74) is 4.12. The Labute approximate surface area is 185 Å². The van der Waals surface area contributed by atoms with Gasteiger partial charge in [0.1, 0.15) is 5.82 Å². The fourth-order valence-corrected chi connectivity index (χ4v) is 4.84. The van der Waals surface area contributed by atoms with Crippen molar-refractivity contribution >= 4 is 11.7 Å². The maximum absolute atomic E-state index is 14.9. The molecule has 0 amide bonds. The molecule has 6 nitrogen and oxygen atoms in total. The van der Waals surface area contributed by atoms with Crippen molar-refractivity contribution in [3.05, 3.63) is 81.9 Å². The van der Waals surface area contributed by atoms with Crippen LogP contribution in [0, 0.1) is 12.7 Å². The van der Waals surface area contributed by atoms with Crippen LogP contribution in [-0.4, -0.2) is 25.2 Å². The maximum Gasteiger partial charge on any atom is 0.233 e. The SMILES string of the molecule is COc1ccc(C2CC(=O)C3=C(C2)Nc2onc(C)c2C3c2ccccc2F)cc1OC. The number of fused-ring (bicyclic) bond motifs is 1. The second-order valence-corrected chi connectivity index (χ2v) is 8.13. The van der Waals surface area contributed by atoms with Gasteiger partial charge >= 0.3 is 0 Å². The number of hydrogen-bond donors (Lipinski definition) is 1. The van der Waals surface area contributed by atoms with Gasteiger partial charge in [-0.3, -0.25) is 4.79 Å². The van der Waals surface area contributed by atoms with E-state index < -0.39 is 5.92 Å². The van der Waals surface area contributed by atoms with Gasteiger partial charge in [-0.2, -0.15) is 0 Å². The van der Waals surface area contributed by atoms with Crippen molar-refractivity contribution < 1.29 is 23.2 Å². The Hall–Kier alpha value is -3.61. The Morgan fingerprint density at radius 2 is 1.88 bits per heavy atom. The zero-order chi connectivity index (χ0) is 22.4. The molecule has 2 aromatic carbocycles. The Morgan fingerprint density at radius 3 is 2.62 bits per heavy atom. The van der Waals surface area contributed by atoms with Crippen molar-refractivity contribution in [1.29, 1.82) is 0 Å². The average molecular weight is 434 g/mol. The number of Topliss-reactive ketones (excluding diaryl/α,β-unsaturated/α-hetero) is 1. The highest BCUT2D eigenvalue weighted by atomic mass is 19.1. The number of methoxy groups -OCH3 is 2. The molecule has 1 aliphatic carbocycles. The molecule has 1 aliphatic heterocycles. The van der Waals surface area contributed by atoms with Gasteiger partial charge in [-0.25, -0.2) is 4.39 Å². The highest BCUT2D eigenvalue weighted by Gasteiger charge is 2.42. The molecule has 164 valence electrons. The number of allylic oxidation sites excluding steroid dienone is 2. The molecule has 0 spiro atoms. The van der Waals surface area contributed by atoms with E-state index in [0.717, 1.165) is 11.3 Å². The van der Waals surface area contributed by atoms with Gasteiger partial charge < -0.3 is 19.3 Å². The van der Waals surface area contributed by atoms with Gasteiger partial charge in [-0.05, 0) is 43.0 Å². The van der Waals surface area contributed by atoms with Crippen LogP contribution in [0.5, 0.6) is 11.5 Å². The van der Waals surface area contributed by atoms with Gasteiger partial charge in [0.15, 0.2) is 17.3 Å². The number of aromatic nitrogens is 1. The Bertz CT molecular complexity index is 1250. The number of nitrogens with zero attached hydrogens (tertiary/aromatic N) is 1. The minimum absolute atomic E-state index is 0.0157. The molecule has 1 aromatic heterocycles. The molecule has 2 unspecified atom stereocenters. The number of ketones is 1. The van der Waals surface area contributed by atoms with E-state index in [1.165, 1.54) is 6.07 Å². The van der Waals surface area contributed by atoms with E-state index in [0.29, 0.717) is 52.6 Å². The number of hydrogen-bond acceptors (Lipinski definition) is 6. The Balaban J connectivity index is 1.59. The number of anilines is 1. The number of ether oxygens (including phenoxy) is 2. The van der Waals surface area contributed by atoms with Crippen LogP contribution in [0.25, 0.3) is 0 Å². The molecule has 2 heterocycles. The predicted molar refractivity (Wildman–Crippen MR) is 117 cm³/mol. The van der Waals surface area contributed by atoms with Crippen LogP contribution in [0.15, 0.2) is 58.3 Å². The summed E-state index contributed by atoms with van der Waals surface area (Å²) >= 11 is 0. The second-order valence-electron chi connectivity index (χ2n) is 8.13. The molecule has 0 bridgehead atoms. The van der Waals surface area contributed by atoms with Gasteiger partial charge in [-0.15, -0.1) is 0 Å². The number of halogens is 1. The predicted octanol–water partition coefficient (Wildman–Crippen LogP) is 5.10. The fourth-order valence-electron chi connectivity index (χ4n) is 4.84. The smallest absolute Gasteiger partial charge is 0.233 e. The quantitative estimate of drug-likeness (QED) is 0.616. The van der Waals surface area contributed by atoms with Crippen molar-refractivity contribution in [2.75, 3.05) is 19.5 Å². The summed E-state index contributed by atoms with van der Waals surface area (Å²) in [7, 11) is 3.17. The molecule has 0 saturated carbocycles. The van der Waals surface area contributed by atoms with E-state index in [-0.39, 0.29) is 17.5 Å². The third kappa shape index (κ3) is 3.16. The minimum atomic E-state index is -0.549. The summed E-state index contributed by atoms with van der Waals surface area (Å²) in [6, 6.07) is 12.3. The number of carbonyl (C=O) groups is 1. The van der Waals surface area contributed by atoms with Crippen molar-refractivity contribution in [3.63, 3.8) is 0 Å². The van der Waals surface area contributed by atoms with Gasteiger partial charge in [0.25, 0.3) is 0 Å². The molecule has 0 radical (unpaired) electrons. The summed E-state index contributed by atoms with van der Waals surface area (Å²) in [6.45, 7) is 1.81. The minimum Gasteiger partial charge on any atom is -0.493 e. The van der Waals surface area contributed by atoms with Crippen LogP contribution in [0.2, 0.25) is 0 Å². The highest BCUT2D eigenvalue weighted by Crippen LogP contribution is 2.49. The van der Waals surface area contributed by atoms with Crippen LogP contribution in [0.4, 0.5) is 10.3 Å². The molecule has 2 atom stereocenters. The third-order valence-electron chi connectivity index (χ3n) is 6.35. The molecule has 7 heteroatoms. The van der Waals surface area contributed by atoms with Crippen molar-refractivity contribution in [1.82, 2.24) is 5.16 Å². The molecular weight excluding hydrogens is 411 g/mol. The lowest BCUT2D eigenvalue weighted by Crippen LogP contribution is -2.30. The van der Waals surface area contributed by atoms with E-state index in [4.69, 9.17) is 14.0 Å². The first-order valence-corrected chi connectivity index (χ1v) is 10.5. The number of carbonyl (C=O) groups excluding carboxylic acids is 1. The molecule has 0 fully saturated rings. The standard InChI is InChI=1S/C25H23FN2O4/c1-13-22-23(16-6-4-5-7-17(16)26)24-18(27-25(22)32-28-13)10-15(11-19(24)29)14-8-9-20(30-2)21(12-14)31-3/h4-9,12,15,23,27H,10-11H2,1-3H3. The summed E-state index contributed by atoms with van der Waals surface area (Å²) in [5.74, 6) is 0.746. The largest absolute Gasteiger partial charge is 0.493 e. The van der Waals surface area contributed by atoms with E-state index in [2.05, 4.69) is 10.5 Å². The Morgan fingerprint density at radius 1 is 1.09 bits per heavy atom. The van der Waals surface area contributed by atoms with Gasteiger partial charge in [0.05, 0.1) is 25.5 Å². The molecule has 1 N–H and O–H groups in total. The lowest BCUT2D eigenvalue weighted by Gasteiger charge is -2.34. The molecule has 2 aliphatic rings. The van der Waals surface area contributed by atoms with Crippen LogP contribution in [0.1, 0.15) is 47.1 Å². The summed E-state index contributed by atoms with van der Waals surface area (Å²) in [4.78, 5) is 13.5. The molecular formula is C25H23FN2O4. The average Bonchev–Trinajstić information content (AvgIpc) is 3.17. The first-order valence-electron chi connectivity index (χ1n) is 10.5. The van der Waals surface area contributed by atoms with E-state index in [1.807, 2.05) is 25.1 Å². The first-order chi connectivity index (χ1) is 15.5. The van der Waals surface area contributed by atoms with E-state index >= 15 is 0 Å². The highest BCUT2D eigenvalue weighted by molar-refractivity contribution is 6.01. The van der Waals surface area contributed by atoms with Gasteiger partial charge in [-0.1, -0.05) is 29.4 Å². The van der Waals surface area contributed by atoms with Crippen LogP contribution < -0.4 is 14.8 Å². The summed E-state index contributed by atoms with van der Waals surface area (Å²) in [6.07, 6.45) is 0.904. The van der Waals surface area contributed by atoms with Crippen molar-refractivity contribution in [3.8, 4) is 11.5 Å². The van der Waals surface area contributed by atoms with Crippen LogP contribution >= 0.6 is 0 Å². The zero-order valence-corrected chi connectivity index (χ0v) is 18.1. The van der Waals surface area contributed by atoms with Crippen molar-refractivity contribution in [2.24, 2.45) is 0 Å². The van der Waals surface area contributed by atoms with Crippen LogP contribution in [-0.2, 0) is 4.79 Å². The lowest BCUT2D eigenvalue weighted by molar-refractivity contribution is -0.116. The van der Waals surface area contributed by atoms with E-state index in [9.17, 15) is 9.18 Å². The van der Waals surface area contributed by atoms with Gasteiger partial charge in [0.2, 0.25) is 5.88 Å². The molecule has 0 saturated heterocycles. The fraction of sp³-hybridized carbons (Fsp3) is 0.280. The first kappa shape index (κ1) is 20.3. The van der Waals surface area contributed by atoms with Gasteiger partial charge in [0, 0.05) is 29.2 Å². The third-order valence-corrected chi connectivity index (χ3v) is 6.35. The normalized spacial score (nSPS) is 19.8. The topological polar surface area (TPSA) is 73.6 Å². The monoisotopic (exact) mass is 434 g/mol. The molecule has 3 aromatic rings. The molecule has 5 rings (SSSR count). The maximum atomic E-state index is 14.9.